The van der Waals surface area contributed by atoms with Crippen LogP contribution in [-0.4, -0.2) is 61.5 Å². The summed E-state index contributed by atoms with van der Waals surface area (Å²) >= 11 is 0. The zero-order valence-electron chi connectivity index (χ0n) is 12.8. The third kappa shape index (κ3) is 11.1. The first-order valence-corrected chi connectivity index (χ1v) is 8.30. The monoisotopic (exact) mass is 304 g/mol. The van der Waals surface area contributed by atoms with Crippen LogP contribution in [0.3, 0.4) is 0 Å². The summed E-state index contributed by atoms with van der Waals surface area (Å²) in [5.41, 5.74) is 0.104. The van der Waals surface area contributed by atoms with Gasteiger partial charge in [0.2, 0.25) is 0 Å². The van der Waals surface area contributed by atoms with Crippen molar-refractivity contribution in [2.24, 2.45) is 0 Å². The normalized spacial score (nSPS) is 12.8. The van der Waals surface area contributed by atoms with Gasteiger partial charge in [0.15, 0.2) is 6.54 Å². The molecule has 0 aliphatic heterocycles. The van der Waals surface area contributed by atoms with Crippen LogP contribution in [0.1, 0.15) is 25.7 Å². The summed E-state index contributed by atoms with van der Waals surface area (Å²) in [6.07, 6.45) is 5.12. The lowest BCUT2D eigenvalue weighted by Crippen LogP contribution is -2.39. The maximum absolute atomic E-state index is 11.8. The molecular formula is C14H27NO4P+. The minimum Gasteiger partial charge on any atom is -0.629 e. The van der Waals surface area contributed by atoms with E-state index >= 15 is 0 Å². The number of hydrogen-bond donors (Lipinski definition) is 1. The number of quaternary nitrogens is 1. The number of carbonyl (C=O) groups excluding carboxylic acids is 1. The zero-order valence-corrected chi connectivity index (χ0v) is 13.7. The summed E-state index contributed by atoms with van der Waals surface area (Å²) in [5, 5.41) is 9.73. The van der Waals surface area contributed by atoms with Gasteiger partial charge in [-0.2, -0.15) is 0 Å². The van der Waals surface area contributed by atoms with Crippen molar-refractivity contribution in [3.8, 4) is 0 Å². The van der Waals surface area contributed by atoms with E-state index in [0.29, 0.717) is 23.8 Å². The van der Waals surface area contributed by atoms with Gasteiger partial charge in [0.05, 0.1) is 35.5 Å². The molecule has 0 aromatic heterocycles. The molecule has 1 unspecified atom stereocenters. The predicted molar refractivity (Wildman–Crippen MR) is 81.3 cm³/mol. The highest BCUT2D eigenvalue weighted by molar-refractivity contribution is 7.51. The van der Waals surface area contributed by atoms with Gasteiger partial charge < -0.3 is 19.2 Å². The van der Waals surface area contributed by atoms with Gasteiger partial charge in [-0.3, -0.25) is 0 Å². The lowest BCUT2D eigenvalue weighted by Gasteiger charge is -2.22. The van der Waals surface area contributed by atoms with Crippen molar-refractivity contribution in [3.63, 3.8) is 0 Å². The molecule has 0 rings (SSSR count). The van der Waals surface area contributed by atoms with Crippen LogP contribution < -0.4 is 4.89 Å². The number of esters is 1. The van der Waals surface area contributed by atoms with E-state index in [2.05, 4.69) is 6.58 Å². The Hall–Kier alpha value is -0.740. The van der Waals surface area contributed by atoms with Crippen molar-refractivity contribution in [2.75, 3.05) is 40.5 Å². The predicted octanol–water partition coefficient (Wildman–Crippen LogP) is 1.24. The van der Waals surface area contributed by atoms with Gasteiger partial charge in [-0.15, -0.1) is 0 Å². The second-order valence-corrected chi connectivity index (χ2v) is 7.47. The Morgan fingerprint density at radius 2 is 1.90 bits per heavy atom. The van der Waals surface area contributed by atoms with Gasteiger partial charge >= 0.3 is 5.97 Å². The summed E-state index contributed by atoms with van der Waals surface area (Å²) in [6.45, 7) is 4.14. The van der Waals surface area contributed by atoms with E-state index in [0.717, 1.165) is 31.8 Å². The Morgan fingerprint density at radius 1 is 1.30 bits per heavy atom. The van der Waals surface area contributed by atoms with Crippen LogP contribution in [0.25, 0.3) is 0 Å². The van der Waals surface area contributed by atoms with Crippen molar-refractivity contribution >= 4 is 19.2 Å². The minimum absolute atomic E-state index is 0.104. The Morgan fingerprint density at radius 3 is 2.45 bits per heavy atom. The fourth-order valence-electron chi connectivity index (χ4n) is 1.57. The van der Waals surface area contributed by atoms with Crippen LogP contribution >= 0.6 is 7.77 Å². The SMILES string of the molecule is C=CC(=O)OCCCCCC/[P+]([O-])=C(\O)C[N+](C)(C)C. The lowest BCUT2D eigenvalue weighted by atomic mass is 10.2. The first-order valence-electron chi connectivity index (χ1n) is 6.85. The molecule has 0 bridgehead atoms. The van der Waals surface area contributed by atoms with E-state index in [4.69, 9.17) is 4.74 Å². The zero-order chi connectivity index (χ0) is 15.6. The highest BCUT2D eigenvalue weighted by Gasteiger charge is 2.16. The molecule has 0 saturated heterocycles. The Kier molecular flexibility index (Phi) is 9.68. The Bertz CT molecular complexity index is 348. The molecule has 0 aromatic carbocycles. The Balaban J connectivity index is 3.71. The quantitative estimate of drug-likeness (QED) is 0.217. The van der Waals surface area contributed by atoms with Crippen molar-refractivity contribution in [1.82, 2.24) is 0 Å². The summed E-state index contributed by atoms with van der Waals surface area (Å²) in [4.78, 5) is 22.6. The molecule has 0 aliphatic rings. The molecule has 0 fully saturated rings. The molecule has 0 aromatic rings. The molecule has 0 radical (unpaired) electrons. The van der Waals surface area contributed by atoms with E-state index < -0.39 is 13.7 Å². The number of ether oxygens (including phenoxy) is 1. The Labute approximate surface area is 122 Å². The van der Waals surface area contributed by atoms with Gasteiger partial charge in [0.1, 0.15) is 6.16 Å². The summed E-state index contributed by atoms with van der Waals surface area (Å²) < 4.78 is 5.42. The molecule has 1 N–H and O–H groups in total. The maximum atomic E-state index is 11.8. The molecule has 0 aliphatic carbocycles. The van der Waals surface area contributed by atoms with Gasteiger partial charge in [0.25, 0.3) is 5.48 Å². The number of unbranched alkanes of at least 4 members (excludes halogenated alkanes) is 3. The minimum atomic E-state index is -1.64. The summed E-state index contributed by atoms with van der Waals surface area (Å²) in [6, 6.07) is 0. The average molecular weight is 304 g/mol. The van der Waals surface area contributed by atoms with Crippen LogP contribution in [0.4, 0.5) is 0 Å². The van der Waals surface area contributed by atoms with Crippen molar-refractivity contribution < 1.29 is 24.0 Å². The standard InChI is InChI=1S/C14H26NO4P/c1-5-13(16)19-10-8-6-7-9-11-20(18)14(17)12-15(2,3)4/h5H,1,6-12H2,2-4H3/p+1. The fraction of sp³-hybridized carbons (Fsp3) is 0.714. The van der Waals surface area contributed by atoms with E-state index in [-0.39, 0.29) is 5.48 Å². The number of likely N-dealkylation sites (N-methyl/N-ethyl adjacent to an activating group) is 1. The second-order valence-electron chi connectivity index (χ2n) is 5.75. The van der Waals surface area contributed by atoms with Crippen LogP contribution in [0.15, 0.2) is 12.7 Å². The largest absolute Gasteiger partial charge is 0.629 e. The average Bonchev–Trinajstić information content (AvgIpc) is 2.34. The fourth-order valence-corrected chi connectivity index (χ4v) is 2.93. The molecule has 20 heavy (non-hydrogen) atoms. The summed E-state index contributed by atoms with van der Waals surface area (Å²) in [5.74, 6) is -0.395. The second kappa shape index (κ2) is 10.1. The molecule has 0 spiro atoms. The number of carbonyl (C=O) groups is 1. The van der Waals surface area contributed by atoms with Gasteiger partial charge in [-0.1, -0.05) is 6.58 Å². The maximum Gasteiger partial charge on any atom is 0.330 e. The molecule has 0 heterocycles. The van der Waals surface area contributed by atoms with E-state index in [1.807, 2.05) is 21.1 Å². The topological polar surface area (TPSA) is 69.6 Å². The van der Waals surface area contributed by atoms with E-state index in [1.54, 1.807) is 0 Å². The first kappa shape index (κ1) is 19.3. The van der Waals surface area contributed by atoms with Crippen molar-refractivity contribution in [2.45, 2.75) is 25.7 Å². The van der Waals surface area contributed by atoms with E-state index in [9.17, 15) is 14.8 Å². The van der Waals surface area contributed by atoms with Crippen LogP contribution in [0, 0.1) is 0 Å². The lowest BCUT2D eigenvalue weighted by molar-refractivity contribution is -0.861. The van der Waals surface area contributed by atoms with Crippen LogP contribution in [0.2, 0.25) is 0 Å². The van der Waals surface area contributed by atoms with Crippen molar-refractivity contribution in [1.29, 1.82) is 0 Å². The molecule has 1 atom stereocenters. The first-order chi connectivity index (χ1) is 9.26. The third-order valence-electron chi connectivity index (χ3n) is 2.57. The highest BCUT2D eigenvalue weighted by Crippen LogP contribution is 2.17. The van der Waals surface area contributed by atoms with Crippen LogP contribution in [0.5, 0.6) is 0 Å². The number of aliphatic hydroxyl groups is 1. The van der Waals surface area contributed by atoms with Gasteiger partial charge in [-0.05, 0) is 25.7 Å². The third-order valence-corrected chi connectivity index (χ3v) is 4.01. The van der Waals surface area contributed by atoms with Gasteiger partial charge in [0, 0.05) is 6.08 Å². The number of rotatable bonds is 10. The van der Waals surface area contributed by atoms with Crippen LogP contribution in [-0.2, 0) is 9.53 Å². The van der Waals surface area contributed by atoms with Crippen molar-refractivity contribution in [3.05, 3.63) is 12.7 Å². The highest BCUT2D eigenvalue weighted by atomic mass is 31.1. The number of aliphatic hydroxyl groups excluding tert-OH is 1. The number of nitrogens with zero attached hydrogens (tertiary/aromatic N) is 1. The molecule has 6 heteroatoms. The summed E-state index contributed by atoms with van der Waals surface area (Å²) in [7, 11) is 4.21. The molecule has 5 nitrogen and oxygen atoms in total. The smallest absolute Gasteiger partial charge is 0.330 e. The molecule has 0 saturated carbocycles. The number of hydrogen-bond acceptors (Lipinski definition) is 3. The van der Waals surface area contributed by atoms with Gasteiger partial charge in [-0.25, -0.2) is 4.79 Å². The molecular weight excluding hydrogens is 277 g/mol. The molecule has 0 amide bonds. The van der Waals surface area contributed by atoms with E-state index in [1.165, 1.54) is 0 Å². The molecule has 116 valence electrons.